The first-order chi connectivity index (χ1) is 14.4. The Balaban J connectivity index is 1.48. The lowest BCUT2D eigenvalue weighted by molar-refractivity contribution is -0.0418. The number of H-pyrrole nitrogens is 1. The van der Waals surface area contributed by atoms with E-state index in [0.29, 0.717) is 19.4 Å². The predicted octanol–water partition coefficient (Wildman–Crippen LogP) is 5.14. The maximum Gasteiger partial charge on any atom is 0.258 e. The number of ether oxygens (including phenoxy) is 1. The summed E-state index contributed by atoms with van der Waals surface area (Å²) >= 11 is 0. The SMILES string of the molecule is CNc1ccc2cc(-c3nn(C4CCCCO4)c4c3CC3C(F)(F)C3(C)C4)[nH]c2c1. The first-order valence-electron chi connectivity index (χ1n) is 10.8. The molecule has 2 N–H and O–H groups in total. The second-order valence-corrected chi connectivity index (χ2v) is 9.25. The Morgan fingerprint density at radius 3 is 2.90 bits per heavy atom. The Hall–Kier alpha value is -2.41. The Bertz CT molecular complexity index is 1140. The minimum Gasteiger partial charge on any atom is -0.388 e. The number of hydrogen-bond donors (Lipinski definition) is 2. The number of aromatic nitrogens is 3. The highest BCUT2D eigenvalue weighted by Gasteiger charge is 2.78. The average Bonchev–Trinajstić information content (AvgIpc) is 3.12. The van der Waals surface area contributed by atoms with Crippen LogP contribution in [0.15, 0.2) is 24.3 Å². The van der Waals surface area contributed by atoms with Crippen LogP contribution in [0.4, 0.5) is 14.5 Å². The lowest BCUT2D eigenvalue weighted by Crippen LogP contribution is -2.24. The van der Waals surface area contributed by atoms with Gasteiger partial charge in [-0.05, 0) is 43.9 Å². The molecule has 3 aliphatic rings. The van der Waals surface area contributed by atoms with E-state index in [-0.39, 0.29) is 6.23 Å². The van der Waals surface area contributed by atoms with Crippen LogP contribution in [0.25, 0.3) is 22.3 Å². The molecule has 3 atom stereocenters. The third kappa shape index (κ3) is 2.38. The number of benzene rings is 1. The fourth-order valence-corrected chi connectivity index (χ4v) is 5.51. The van der Waals surface area contributed by atoms with Crippen molar-refractivity contribution in [2.45, 2.75) is 51.2 Å². The number of nitrogens with one attached hydrogen (secondary N) is 2. The monoisotopic (exact) mass is 412 g/mol. The zero-order valence-corrected chi connectivity index (χ0v) is 17.3. The number of alkyl halides is 2. The molecule has 2 aliphatic carbocycles. The molecule has 6 rings (SSSR count). The van der Waals surface area contributed by atoms with Gasteiger partial charge in [0.05, 0.1) is 5.69 Å². The molecule has 30 heavy (non-hydrogen) atoms. The fraction of sp³-hybridized carbons (Fsp3) is 0.522. The minimum atomic E-state index is -2.61. The Morgan fingerprint density at radius 2 is 2.13 bits per heavy atom. The number of anilines is 1. The quantitative estimate of drug-likeness (QED) is 0.626. The van der Waals surface area contributed by atoms with E-state index in [2.05, 4.69) is 28.5 Å². The van der Waals surface area contributed by atoms with E-state index in [0.717, 1.165) is 58.5 Å². The van der Waals surface area contributed by atoms with Gasteiger partial charge in [0, 0.05) is 59.3 Å². The topological polar surface area (TPSA) is 54.9 Å². The molecule has 7 heteroatoms. The van der Waals surface area contributed by atoms with Crippen molar-refractivity contribution in [3.8, 4) is 11.4 Å². The molecular formula is C23H26F2N4O. The molecule has 0 spiro atoms. The predicted molar refractivity (Wildman–Crippen MR) is 112 cm³/mol. The highest BCUT2D eigenvalue weighted by Crippen LogP contribution is 2.70. The van der Waals surface area contributed by atoms with Crippen LogP contribution in [0.5, 0.6) is 0 Å². The van der Waals surface area contributed by atoms with Crippen LogP contribution in [0.1, 0.15) is 43.7 Å². The first-order valence-corrected chi connectivity index (χ1v) is 10.8. The molecule has 2 aromatic heterocycles. The van der Waals surface area contributed by atoms with Crippen LogP contribution in [-0.2, 0) is 17.6 Å². The first kappa shape index (κ1) is 18.4. The smallest absolute Gasteiger partial charge is 0.258 e. The Kier molecular flexibility index (Phi) is 3.71. The molecule has 3 unspecified atom stereocenters. The molecule has 1 aliphatic heterocycles. The molecule has 2 fully saturated rings. The van der Waals surface area contributed by atoms with Gasteiger partial charge >= 0.3 is 0 Å². The maximum atomic E-state index is 14.6. The van der Waals surface area contributed by atoms with Crippen LogP contribution in [-0.4, -0.2) is 34.3 Å². The van der Waals surface area contributed by atoms with Crippen LogP contribution >= 0.6 is 0 Å². The second kappa shape index (κ2) is 6.06. The van der Waals surface area contributed by atoms with Gasteiger partial charge in [0.25, 0.3) is 5.92 Å². The highest BCUT2D eigenvalue weighted by molar-refractivity contribution is 5.88. The number of hydrogen-bond acceptors (Lipinski definition) is 3. The van der Waals surface area contributed by atoms with Gasteiger partial charge in [-0.3, -0.25) is 0 Å². The molecule has 0 radical (unpaired) electrons. The van der Waals surface area contributed by atoms with Crippen LogP contribution < -0.4 is 5.32 Å². The van der Waals surface area contributed by atoms with E-state index in [4.69, 9.17) is 9.84 Å². The normalized spacial score (nSPS) is 29.5. The zero-order chi connectivity index (χ0) is 20.7. The van der Waals surface area contributed by atoms with Crippen molar-refractivity contribution in [1.29, 1.82) is 0 Å². The summed E-state index contributed by atoms with van der Waals surface area (Å²) in [6.07, 6.45) is 3.57. The minimum absolute atomic E-state index is 0.158. The summed E-state index contributed by atoms with van der Waals surface area (Å²) in [7, 11) is 1.89. The lowest BCUT2D eigenvalue weighted by Gasteiger charge is -2.26. The van der Waals surface area contributed by atoms with Gasteiger partial charge in [-0.15, -0.1) is 0 Å². The van der Waals surface area contributed by atoms with E-state index < -0.39 is 17.3 Å². The van der Waals surface area contributed by atoms with E-state index in [1.165, 1.54) is 0 Å². The summed E-state index contributed by atoms with van der Waals surface area (Å²) < 4.78 is 37.1. The molecule has 3 heterocycles. The van der Waals surface area contributed by atoms with Gasteiger partial charge in [-0.25, -0.2) is 13.5 Å². The van der Waals surface area contributed by atoms with Crippen molar-refractivity contribution >= 4 is 16.6 Å². The summed E-state index contributed by atoms with van der Waals surface area (Å²) in [5.41, 5.74) is 4.65. The van der Waals surface area contributed by atoms with Gasteiger partial charge in [-0.2, -0.15) is 5.10 Å². The molecule has 158 valence electrons. The molecule has 1 aromatic carbocycles. The molecule has 3 aromatic rings. The molecule has 0 amide bonds. The van der Waals surface area contributed by atoms with Crippen molar-refractivity contribution in [3.05, 3.63) is 35.5 Å². The van der Waals surface area contributed by atoms with Gasteiger partial charge in [0.2, 0.25) is 0 Å². The molecule has 5 nitrogen and oxygen atoms in total. The van der Waals surface area contributed by atoms with Gasteiger partial charge in [-0.1, -0.05) is 13.0 Å². The lowest BCUT2D eigenvalue weighted by atomic mass is 9.87. The number of nitrogens with zero attached hydrogens (tertiary/aromatic N) is 2. The fourth-order valence-electron chi connectivity index (χ4n) is 5.51. The largest absolute Gasteiger partial charge is 0.388 e. The van der Waals surface area contributed by atoms with Crippen LogP contribution in [0, 0.1) is 11.3 Å². The van der Waals surface area contributed by atoms with Crippen molar-refractivity contribution in [2.24, 2.45) is 11.3 Å². The zero-order valence-electron chi connectivity index (χ0n) is 17.3. The number of aromatic amines is 1. The van der Waals surface area contributed by atoms with E-state index >= 15 is 0 Å². The Labute approximate surface area is 173 Å². The number of rotatable bonds is 3. The average molecular weight is 412 g/mol. The van der Waals surface area contributed by atoms with Gasteiger partial charge in [0.15, 0.2) is 0 Å². The molecular weight excluding hydrogens is 386 g/mol. The number of fused-ring (bicyclic) bond motifs is 3. The summed E-state index contributed by atoms with van der Waals surface area (Å²) in [4.78, 5) is 3.47. The van der Waals surface area contributed by atoms with Gasteiger partial charge < -0.3 is 15.0 Å². The van der Waals surface area contributed by atoms with E-state index in [1.807, 2.05) is 17.8 Å². The van der Waals surface area contributed by atoms with E-state index in [9.17, 15) is 8.78 Å². The molecule has 1 saturated carbocycles. The van der Waals surface area contributed by atoms with Crippen molar-refractivity contribution in [2.75, 3.05) is 19.0 Å². The third-order valence-electron chi connectivity index (χ3n) is 7.54. The molecule has 0 bridgehead atoms. The van der Waals surface area contributed by atoms with Crippen LogP contribution in [0.2, 0.25) is 0 Å². The summed E-state index contributed by atoms with van der Waals surface area (Å²) in [6.45, 7) is 2.42. The summed E-state index contributed by atoms with van der Waals surface area (Å²) in [6, 6.07) is 8.21. The summed E-state index contributed by atoms with van der Waals surface area (Å²) in [5.74, 6) is -3.20. The molecule has 1 saturated heterocycles. The van der Waals surface area contributed by atoms with Crippen molar-refractivity contribution < 1.29 is 13.5 Å². The summed E-state index contributed by atoms with van der Waals surface area (Å²) in [5, 5.41) is 9.19. The van der Waals surface area contributed by atoms with Crippen LogP contribution in [0.3, 0.4) is 0 Å². The van der Waals surface area contributed by atoms with Crippen molar-refractivity contribution in [1.82, 2.24) is 14.8 Å². The van der Waals surface area contributed by atoms with Crippen molar-refractivity contribution in [3.63, 3.8) is 0 Å². The standard InChI is InChI=1S/C23H26F2N4O/c1-22-12-18-15(11-19(22)23(22,24)25)21(28-29(18)20-5-3-4-8-30-20)17-9-13-6-7-14(26-2)10-16(13)27-17/h6-7,9-10,19-20,26-27H,3-5,8,11-12H2,1-2H3. The Morgan fingerprint density at radius 1 is 1.27 bits per heavy atom. The maximum absolute atomic E-state index is 14.6. The second-order valence-electron chi connectivity index (χ2n) is 9.25. The third-order valence-corrected chi connectivity index (χ3v) is 7.54. The highest BCUT2D eigenvalue weighted by atomic mass is 19.3. The van der Waals surface area contributed by atoms with Gasteiger partial charge in [0.1, 0.15) is 11.9 Å². The number of halogens is 2. The van der Waals surface area contributed by atoms with E-state index in [1.54, 1.807) is 6.92 Å².